The van der Waals surface area contributed by atoms with Gasteiger partial charge in [0.15, 0.2) is 11.5 Å². The van der Waals surface area contributed by atoms with Gasteiger partial charge in [-0.15, -0.1) is 0 Å². The molecule has 1 atom stereocenters. The van der Waals surface area contributed by atoms with Crippen LogP contribution >= 0.6 is 0 Å². The van der Waals surface area contributed by atoms with E-state index in [0.717, 1.165) is 47.6 Å². The summed E-state index contributed by atoms with van der Waals surface area (Å²) in [5.41, 5.74) is 2.43. The first kappa shape index (κ1) is 22.4. The Morgan fingerprint density at radius 1 is 1.21 bits per heavy atom. The Morgan fingerprint density at radius 3 is 2.76 bits per heavy atom. The number of rotatable bonds is 7. The van der Waals surface area contributed by atoms with Crippen molar-refractivity contribution in [1.82, 2.24) is 15.2 Å². The van der Waals surface area contributed by atoms with E-state index in [0.29, 0.717) is 38.8 Å². The molecule has 1 N–H and O–H groups in total. The molecule has 1 aromatic heterocycles. The number of methoxy groups -OCH3 is 1. The number of likely N-dealkylation sites (tertiary alicyclic amines) is 1. The van der Waals surface area contributed by atoms with Gasteiger partial charge < -0.3 is 19.4 Å². The second kappa shape index (κ2) is 9.49. The van der Waals surface area contributed by atoms with Gasteiger partial charge in [0.2, 0.25) is 11.8 Å². The fraction of sp³-hybridized carbons (Fsp3) is 0.444. The van der Waals surface area contributed by atoms with Gasteiger partial charge in [-0.1, -0.05) is 24.3 Å². The van der Waals surface area contributed by atoms with E-state index >= 15 is 0 Å². The van der Waals surface area contributed by atoms with Crippen LogP contribution in [-0.2, 0) is 16.0 Å². The minimum Gasteiger partial charge on any atom is -0.497 e. The molecule has 178 valence electrons. The number of para-hydroxylation sites is 2. The highest BCUT2D eigenvalue weighted by Gasteiger charge is 2.38. The molecule has 0 unspecified atom stereocenters. The van der Waals surface area contributed by atoms with Crippen molar-refractivity contribution in [2.75, 3.05) is 20.2 Å². The molecule has 2 amide bonds. The molecule has 2 aliphatic heterocycles. The quantitative estimate of drug-likeness (QED) is 0.570. The Labute approximate surface area is 199 Å². The topological polar surface area (TPSA) is 84.7 Å². The van der Waals surface area contributed by atoms with Crippen molar-refractivity contribution in [3.05, 3.63) is 60.0 Å². The molecular weight excluding hydrogens is 430 g/mol. The van der Waals surface area contributed by atoms with E-state index in [1.165, 1.54) is 0 Å². The van der Waals surface area contributed by atoms with Crippen molar-refractivity contribution in [2.24, 2.45) is 0 Å². The monoisotopic (exact) mass is 461 g/mol. The predicted molar refractivity (Wildman–Crippen MR) is 129 cm³/mol. The van der Waals surface area contributed by atoms with Gasteiger partial charge in [-0.05, 0) is 61.9 Å². The Bertz CT molecular complexity index is 1150. The number of hydrogen-bond donors (Lipinski definition) is 1. The number of amides is 2. The molecule has 2 aliphatic rings. The second-order valence-corrected chi connectivity index (χ2v) is 9.53. The molecule has 3 heterocycles. The summed E-state index contributed by atoms with van der Waals surface area (Å²) in [6.45, 7) is 1.41. The largest absolute Gasteiger partial charge is 0.497 e. The van der Waals surface area contributed by atoms with E-state index in [4.69, 9.17) is 9.15 Å². The third kappa shape index (κ3) is 4.79. The van der Waals surface area contributed by atoms with Crippen LogP contribution in [0.5, 0.6) is 5.75 Å². The number of fused-ring (bicyclic) bond motifs is 1. The Morgan fingerprint density at radius 2 is 2.03 bits per heavy atom. The molecule has 7 nitrogen and oxygen atoms in total. The maximum Gasteiger partial charge on any atom is 0.222 e. The van der Waals surface area contributed by atoms with E-state index in [1.807, 2.05) is 53.4 Å². The van der Waals surface area contributed by atoms with Crippen molar-refractivity contribution < 1.29 is 18.7 Å². The van der Waals surface area contributed by atoms with E-state index < -0.39 is 0 Å². The van der Waals surface area contributed by atoms with Crippen LogP contribution in [0.4, 0.5) is 0 Å². The first-order valence-electron chi connectivity index (χ1n) is 12.1. The first-order chi connectivity index (χ1) is 16.5. The summed E-state index contributed by atoms with van der Waals surface area (Å²) in [6.07, 6.45) is 4.72. The predicted octanol–water partition coefficient (Wildman–Crippen LogP) is 4.21. The number of piperidine rings is 1. The summed E-state index contributed by atoms with van der Waals surface area (Å²) < 4.78 is 11.3. The zero-order chi connectivity index (χ0) is 23.5. The molecule has 34 heavy (non-hydrogen) atoms. The van der Waals surface area contributed by atoms with Crippen molar-refractivity contribution in [3.8, 4) is 5.75 Å². The normalized spacial score (nSPS) is 21.1. The Hall–Kier alpha value is -3.35. The minimum atomic E-state index is -0.379. The highest BCUT2D eigenvalue weighted by Crippen LogP contribution is 2.33. The average molecular weight is 462 g/mol. The minimum absolute atomic E-state index is 0.0643. The number of carbonyl (C=O) groups is 2. The summed E-state index contributed by atoms with van der Waals surface area (Å²) in [6, 6.07) is 15.7. The molecule has 2 aromatic carbocycles. The maximum atomic E-state index is 13.1. The van der Waals surface area contributed by atoms with Crippen LogP contribution in [0.2, 0.25) is 0 Å². The lowest BCUT2D eigenvalue weighted by atomic mass is 9.84. The van der Waals surface area contributed by atoms with Crippen LogP contribution in [0.15, 0.2) is 52.9 Å². The summed E-state index contributed by atoms with van der Waals surface area (Å²) in [5.74, 6) is 2.04. The zero-order valence-electron chi connectivity index (χ0n) is 19.6. The van der Waals surface area contributed by atoms with Crippen LogP contribution in [-0.4, -0.2) is 47.4 Å². The fourth-order valence-corrected chi connectivity index (χ4v) is 5.30. The van der Waals surface area contributed by atoms with Gasteiger partial charge in [0, 0.05) is 37.4 Å². The smallest absolute Gasteiger partial charge is 0.222 e. The van der Waals surface area contributed by atoms with E-state index in [2.05, 4.69) is 10.3 Å². The van der Waals surface area contributed by atoms with Crippen molar-refractivity contribution in [1.29, 1.82) is 0 Å². The van der Waals surface area contributed by atoms with Crippen molar-refractivity contribution >= 4 is 22.9 Å². The van der Waals surface area contributed by atoms with Crippen LogP contribution in [0.25, 0.3) is 11.1 Å². The van der Waals surface area contributed by atoms with Crippen molar-refractivity contribution in [2.45, 2.75) is 56.4 Å². The van der Waals surface area contributed by atoms with E-state index in [9.17, 15) is 9.59 Å². The Kier molecular flexibility index (Phi) is 6.26. The van der Waals surface area contributed by atoms with Gasteiger partial charge in [-0.2, -0.15) is 0 Å². The van der Waals surface area contributed by atoms with Crippen molar-refractivity contribution in [3.63, 3.8) is 0 Å². The number of oxazole rings is 1. The number of hydrogen-bond acceptors (Lipinski definition) is 5. The SMILES string of the molecule is COc1cccc(C[C@@]2(CCC(=O)N3CCC(c4nc5ccccc5o4)CC3)CCC(=O)N2)c1. The highest BCUT2D eigenvalue weighted by atomic mass is 16.5. The van der Waals surface area contributed by atoms with Crippen LogP contribution in [0.1, 0.15) is 55.9 Å². The summed E-state index contributed by atoms with van der Waals surface area (Å²) in [4.78, 5) is 31.8. The molecule has 7 heteroatoms. The molecule has 5 rings (SSSR count). The summed E-state index contributed by atoms with van der Waals surface area (Å²) in [5, 5.41) is 3.18. The van der Waals surface area contributed by atoms with Crippen LogP contribution < -0.4 is 10.1 Å². The number of nitrogens with one attached hydrogen (secondary N) is 1. The molecule has 0 spiro atoms. The van der Waals surface area contributed by atoms with Gasteiger partial charge in [0.1, 0.15) is 11.3 Å². The van der Waals surface area contributed by atoms with E-state index in [-0.39, 0.29) is 23.3 Å². The molecule has 0 bridgehead atoms. The second-order valence-electron chi connectivity index (χ2n) is 9.53. The van der Waals surface area contributed by atoms with Gasteiger partial charge in [-0.3, -0.25) is 9.59 Å². The molecular formula is C27H31N3O4. The molecule has 0 radical (unpaired) electrons. The molecule has 0 saturated carbocycles. The zero-order valence-corrected chi connectivity index (χ0v) is 19.6. The lowest BCUT2D eigenvalue weighted by Crippen LogP contribution is -2.45. The average Bonchev–Trinajstić information content (AvgIpc) is 3.46. The summed E-state index contributed by atoms with van der Waals surface area (Å²) >= 11 is 0. The van der Waals surface area contributed by atoms with Gasteiger partial charge >= 0.3 is 0 Å². The number of benzene rings is 2. The maximum absolute atomic E-state index is 13.1. The third-order valence-electron chi connectivity index (χ3n) is 7.24. The fourth-order valence-electron chi connectivity index (χ4n) is 5.30. The molecule has 2 fully saturated rings. The number of ether oxygens (including phenoxy) is 1. The van der Waals surface area contributed by atoms with Crippen LogP contribution in [0, 0.1) is 0 Å². The molecule has 2 saturated heterocycles. The number of aromatic nitrogens is 1. The van der Waals surface area contributed by atoms with Gasteiger partial charge in [-0.25, -0.2) is 4.98 Å². The summed E-state index contributed by atoms with van der Waals surface area (Å²) in [7, 11) is 1.65. The highest BCUT2D eigenvalue weighted by molar-refractivity contribution is 5.80. The first-order valence-corrected chi connectivity index (χ1v) is 12.1. The lowest BCUT2D eigenvalue weighted by Gasteiger charge is -2.33. The molecule has 0 aliphatic carbocycles. The standard InChI is InChI=1S/C27H31N3O4/c1-33-21-6-4-5-19(17-21)18-27(13-9-24(31)29-27)14-10-25(32)30-15-11-20(12-16-30)26-28-22-7-2-3-8-23(22)34-26/h2-8,17,20H,9-16,18H2,1H3,(H,29,31)/t27-/m0/s1. The molecule has 3 aromatic rings. The van der Waals surface area contributed by atoms with Crippen LogP contribution in [0.3, 0.4) is 0 Å². The number of carbonyl (C=O) groups excluding carboxylic acids is 2. The van der Waals surface area contributed by atoms with Gasteiger partial charge in [0.25, 0.3) is 0 Å². The van der Waals surface area contributed by atoms with E-state index in [1.54, 1.807) is 7.11 Å². The number of nitrogens with zero attached hydrogens (tertiary/aromatic N) is 2. The van der Waals surface area contributed by atoms with Gasteiger partial charge in [0.05, 0.1) is 7.11 Å². The lowest BCUT2D eigenvalue weighted by molar-refractivity contribution is -0.133. The third-order valence-corrected chi connectivity index (χ3v) is 7.24. The Balaban J connectivity index is 1.18.